The van der Waals surface area contributed by atoms with E-state index in [0.717, 1.165) is 0 Å². The summed E-state index contributed by atoms with van der Waals surface area (Å²) in [4.78, 5) is 0. The normalized spacial score (nSPS) is 11.6. The summed E-state index contributed by atoms with van der Waals surface area (Å²) in [5.41, 5.74) is 18.1. The molecule has 1 aliphatic carbocycles. The van der Waals surface area contributed by atoms with E-state index in [0.29, 0.717) is 0 Å². The summed E-state index contributed by atoms with van der Waals surface area (Å²) in [5.74, 6) is 0. The summed E-state index contributed by atoms with van der Waals surface area (Å²) in [6, 6.07) is 53.5. The summed E-state index contributed by atoms with van der Waals surface area (Å²) in [7, 11) is 0. The van der Waals surface area contributed by atoms with Crippen LogP contribution in [-0.2, 0) is 0 Å². The molecule has 0 aromatic heterocycles. The van der Waals surface area contributed by atoms with Crippen molar-refractivity contribution in [2.24, 2.45) is 0 Å². The van der Waals surface area contributed by atoms with Gasteiger partial charge in [-0.05, 0) is 96.9 Å². The summed E-state index contributed by atoms with van der Waals surface area (Å²) in [6.45, 7) is 4.44. The Balaban J connectivity index is 1.69. The fourth-order valence-electron chi connectivity index (χ4n) is 7.09. The van der Waals surface area contributed by atoms with Crippen molar-refractivity contribution < 1.29 is 0 Å². The molecule has 0 unspecified atom stereocenters. The van der Waals surface area contributed by atoms with Crippen molar-refractivity contribution in [3.05, 3.63) is 157 Å². The highest BCUT2D eigenvalue weighted by Crippen LogP contribution is 2.60. The molecular formula is C42H30. The van der Waals surface area contributed by atoms with E-state index in [9.17, 15) is 0 Å². The second-order valence-electron chi connectivity index (χ2n) is 11.4. The molecule has 0 radical (unpaired) electrons. The highest BCUT2D eigenvalue weighted by molar-refractivity contribution is 6.25. The van der Waals surface area contributed by atoms with Gasteiger partial charge in [-0.25, -0.2) is 0 Å². The van der Waals surface area contributed by atoms with Gasteiger partial charge in [-0.3, -0.25) is 0 Å². The average Bonchev–Trinajstić information content (AvgIpc) is 3.37. The molecule has 7 aromatic rings. The lowest BCUT2D eigenvalue weighted by molar-refractivity contribution is 1.38. The number of hydrogen-bond acceptors (Lipinski definition) is 0. The zero-order valence-corrected chi connectivity index (χ0v) is 23.9. The summed E-state index contributed by atoms with van der Waals surface area (Å²) >= 11 is 0. The SMILES string of the molecule is Cc1ccc(-c2c(-c3ccccc3)c(-c3ccccc3)c3c(c2-c2ccccc2)-c2cccc4cccc-3c24)c(C)c1. The molecule has 0 bridgehead atoms. The summed E-state index contributed by atoms with van der Waals surface area (Å²) < 4.78 is 0. The first-order valence-corrected chi connectivity index (χ1v) is 14.7. The first kappa shape index (κ1) is 24.6. The maximum Gasteiger partial charge on any atom is -0.000719 e. The minimum absolute atomic E-state index is 1.23. The van der Waals surface area contributed by atoms with E-state index in [1.807, 2.05) is 0 Å². The highest BCUT2D eigenvalue weighted by Gasteiger charge is 2.33. The van der Waals surface area contributed by atoms with Gasteiger partial charge < -0.3 is 0 Å². The average molecular weight is 535 g/mol. The van der Waals surface area contributed by atoms with Crippen LogP contribution in [-0.4, -0.2) is 0 Å². The maximum absolute atomic E-state index is 2.34. The molecule has 0 amide bonds. The Morgan fingerprint density at radius 1 is 0.333 bits per heavy atom. The molecule has 0 N–H and O–H groups in total. The molecule has 0 heteroatoms. The lowest BCUT2D eigenvalue weighted by Crippen LogP contribution is -2.00. The third kappa shape index (κ3) is 3.69. The van der Waals surface area contributed by atoms with Crippen molar-refractivity contribution in [2.45, 2.75) is 13.8 Å². The second kappa shape index (κ2) is 9.72. The lowest BCUT2D eigenvalue weighted by atomic mass is 9.76. The van der Waals surface area contributed by atoms with Crippen LogP contribution in [0.5, 0.6) is 0 Å². The minimum atomic E-state index is 1.23. The fourth-order valence-corrected chi connectivity index (χ4v) is 7.09. The van der Waals surface area contributed by atoms with Gasteiger partial charge in [0.05, 0.1) is 0 Å². The molecule has 0 aliphatic heterocycles. The minimum Gasteiger partial charge on any atom is -0.0622 e. The van der Waals surface area contributed by atoms with E-state index < -0.39 is 0 Å². The Hall–Kier alpha value is -5.20. The standard InChI is InChI=1S/C42H30/c1-27-24-25-33(28(2)26-27)40-37(30-14-6-3-7-15-30)38(31-16-8-4-9-17-31)41-34-22-12-20-29-21-13-23-35(36(29)34)42(41)39(40)32-18-10-5-11-19-32/h3-26H,1-2H3. The first-order valence-electron chi connectivity index (χ1n) is 14.7. The Bertz CT molecular complexity index is 2110. The molecule has 42 heavy (non-hydrogen) atoms. The first-order chi connectivity index (χ1) is 20.7. The van der Waals surface area contributed by atoms with E-state index in [-0.39, 0.29) is 0 Å². The lowest BCUT2D eigenvalue weighted by Gasteiger charge is -2.27. The van der Waals surface area contributed by atoms with E-state index in [1.165, 1.54) is 88.7 Å². The smallest absolute Gasteiger partial charge is 0.000719 e. The van der Waals surface area contributed by atoms with Gasteiger partial charge in [-0.15, -0.1) is 0 Å². The number of benzene rings is 7. The molecule has 0 saturated heterocycles. The van der Waals surface area contributed by atoms with Gasteiger partial charge in [0.15, 0.2) is 0 Å². The van der Waals surface area contributed by atoms with Gasteiger partial charge >= 0.3 is 0 Å². The monoisotopic (exact) mass is 534 g/mol. The van der Waals surface area contributed by atoms with Crippen LogP contribution >= 0.6 is 0 Å². The third-order valence-corrected chi connectivity index (χ3v) is 8.78. The third-order valence-electron chi connectivity index (χ3n) is 8.78. The molecule has 1 aliphatic rings. The molecule has 0 saturated carbocycles. The van der Waals surface area contributed by atoms with Crippen LogP contribution in [0.25, 0.3) is 77.5 Å². The Morgan fingerprint density at radius 3 is 1.21 bits per heavy atom. The van der Waals surface area contributed by atoms with Gasteiger partial charge in [-0.1, -0.05) is 151 Å². The van der Waals surface area contributed by atoms with Crippen LogP contribution in [0.2, 0.25) is 0 Å². The van der Waals surface area contributed by atoms with Gasteiger partial charge in [0.2, 0.25) is 0 Å². The van der Waals surface area contributed by atoms with Crippen molar-refractivity contribution >= 4 is 10.8 Å². The number of fused-ring (bicyclic) bond motifs is 3. The predicted octanol–water partition coefficient (Wildman–Crippen LogP) is 11.8. The molecule has 0 nitrogen and oxygen atoms in total. The van der Waals surface area contributed by atoms with E-state index in [2.05, 4.69) is 159 Å². The van der Waals surface area contributed by atoms with Crippen LogP contribution in [0, 0.1) is 13.8 Å². The molecular weight excluding hydrogens is 504 g/mol. The van der Waals surface area contributed by atoms with E-state index in [1.54, 1.807) is 0 Å². The van der Waals surface area contributed by atoms with Crippen molar-refractivity contribution in [3.63, 3.8) is 0 Å². The highest BCUT2D eigenvalue weighted by atomic mass is 14.4. The van der Waals surface area contributed by atoms with Crippen molar-refractivity contribution in [3.8, 4) is 66.8 Å². The number of hydrogen-bond donors (Lipinski definition) is 0. The quantitative estimate of drug-likeness (QED) is 0.211. The van der Waals surface area contributed by atoms with Crippen LogP contribution in [0.3, 0.4) is 0 Å². The summed E-state index contributed by atoms with van der Waals surface area (Å²) in [6.07, 6.45) is 0. The van der Waals surface area contributed by atoms with Crippen LogP contribution in [0.15, 0.2) is 146 Å². The van der Waals surface area contributed by atoms with Gasteiger partial charge in [0.1, 0.15) is 0 Å². The van der Waals surface area contributed by atoms with E-state index >= 15 is 0 Å². The molecule has 0 spiro atoms. The van der Waals surface area contributed by atoms with E-state index in [4.69, 9.17) is 0 Å². The molecule has 0 heterocycles. The number of rotatable bonds is 4. The molecule has 7 aromatic carbocycles. The maximum atomic E-state index is 2.34. The molecule has 0 fully saturated rings. The Labute approximate surface area is 247 Å². The number of aryl methyl sites for hydroxylation is 2. The second-order valence-corrected chi connectivity index (χ2v) is 11.4. The van der Waals surface area contributed by atoms with Gasteiger partial charge in [0, 0.05) is 0 Å². The molecule has 198 valence electrons. The van der Waals surface area contributed by atoms with Gasteiger partial charge in [-0.2, -0.15) is 0 Å². The molecule has 8 rings (SSSR count). The Kier molecular flexibility index (Phi) is 5.69. The summed E-state index contributed by atoms with van der Waals surface area (Å²) in [5, 5.41) is 2.63. The fraction of sp³-hybridized carbons (Fsp3) is 0.0476. The van der Waals surface area contributed by atoms with Crippen molar-refractivity contribution in [2.75, 3.05) is 0 Å². The molecule has 0 atom stereocenters. The van der Waals surface area contributed by atoms with Crippen LogP contribution in [0.4, 0.5) is 0 Å². The predicted molar refractivity (Wildman–Crippen MR) is 180 cm³/mol. The Morgan fingerprint density at radius 2 is 0.762 bits per heavy atom. The van der Waals surface area contributed by atoms with Crippen LogP contribution in [0.1, 0.15) is 11.1 Å². The zero-order chi connectivity index (χ0) is 28.2. The van der Waals surface area contributed by atoms with Crippen LogP contribution < -0.4 is 0 Å². The topological polar surface area (TPSA) is 0 Å². The van der Waals surface area contributed by atoms with Crippen molar-refractivity contribution in [1.29, 1.82) is 0 Å². The largest absolute Gasteiger partial charge is 0.0622 e. The zero-order valence-electron chi connectivity index (χ0n) is 23.9. The van der Waals surface area contributed by atoms with Crippen molar-refractivity contribution in [1.82, 2.24) is 0 Å². The van der Waals surface area contributed by atoms with Gasteiger partial charge in [0.25, 0.3) is 0 Å².